The number of pyridine rings is 1. The van der Waals surface area contributed by atoms with Crippen molar-refractivity contribution in [3.8, 4) is 11.1 Å². The van der Waals surface area contributed by atoms with E-state index in [0.29, 0.717) is 5.82 Å². The van der Waals surface area contributed by atoms with Gasteiger partial charge in [-0.1, -0.05) is 13.8 Å². The molecule has 3 heterocycles. The summed E-state index contributed by atoms with van der Waals surface area (Å²) in [7, 11) is 0. The van der Waals surface area contributed by atoms with Gasteiger partial charge >= 0.3 is 0 Å². The van der Waals surface area contributed by atoms with Gasteiger partial charge in [0.15, 0.2) is 0 Å². The van der Waals surface area contributed by atoms with Gasteiger partial charge in [-0.3, -0.25) is 4.79 Å². The molecule has 5 N–H and O–H groups in total. The molecule has 0 bridgehead atoms. The number of rotatable bonds is 4. The van der Waals surface area contributed by atoms with Gasteiger partial charge in [0, 0.05) is 42.4 Å². The topological polar surface area (TPSA) is 123 Å². The second-order valence-corrected chi connectivity index (χ2v) is 7.26. The number of amides is 1. The summed E-state index contributed by atoms with van der Waals surface area (Å²) in [6.45, 7) is 7.30. The van der Waals surface area contributed by atoms with Crippen LogP contribution in [0.1, 0.15) is 32.4 Å². The maximum Gasteiger partial charge on any atom is 0.222 e. The monoisotopic (exact) mass is 369 g/mol. The molecular weight excluding hydrogens is 342 g/mol. The number of aromatic nitrogens is 3. The van der Waals surface area contributed by atoms with E-state index < -0.39 is 0 Å². The average molecular weight is 369 g/mol. The van der Waals surface area contributed by atoms with Crippen molar-refractivity contribution in [2.24, 2.45) is 5.92 Å². The van der Waals surface area contributed by atoms with Crippen LogP contribution < -0.4 is 21.7 Å². The minimum absolute atomic E-state index is 0.00281. The van der Waals surface area contributed by atoms with Gasteiger partial charge in [0.25, 0.3) is 0 Å². The molecule has 0 aromatic carbocycles. The lowest BCUT2D eigenvalue weighted by Crippen LogP contribution is -2.46. The van der Waals surface area contributed by atoms with Crippen LogP contribution in [0.5, 0.6) is 0 Å². The van der Waals surface area contributed by atoms with E-state index in [0.717, 1.165) is 48.6 Å². The third kappa shape index (κ3) is 4.27. The molecule has 144 valence electrons. The third-order valence-corrected chi connectivity index (χ3v) is 4.83. The van der Waals surface area contributed by atoms with Crippen molar-refractivity contribution < 1.29 is 4.79 Å². The molecule has 0 unspecified atom stereocenters. The second kappa shape index (κ2) is 7.77. The fourth-order valence-electron chi connectivity index (χ4n) is 3.30. The van der Waals surface area contributed by atoms with E-state index in [1.165, 1.54) is 0 Å². The van der Waals surface area contributed by atoms with E-state index in [2.05, 4.69) is 25.2 Å². The van der Waals surface area contributed by atoms with Gasteiger partial charge in [-0.05, 0) is 31.9 Å². The summed E-state index contributed by atoms with van der Waals surface area (Å²) >= 11 is 0. The van der Waals surface area contributed by atoms with Crippen LogP contribution in [0, 0.1) is 12.8 Å². The summed E-state index contributed by atoms with van der Waals surface area (Å²) in [5.41, 5.74) is 14.3. The minimum atomic E-state index is -0.00281. The zero-order valence-electron chi connectivity index (χ0n) is 16.1. The Labute approximate surface area is 159 Å². The summed E-state index contributed by atoms with van der Waals surface area (Å²) in [4.78, 5) is 27.2. The predicted molar refractivity (Wildman–Crippen MR) is 107 cm³/mol. The van der Waals surface area contributed by atoms with Gasteiger partial charge in [0.2, 0.25) is 11.9 Å². The van der Waals surface area contributed by atoms with Crippen LogP contribution in [0.2, 0.25) is 0 Å². The number of carbonyl (C=O) groups is 1. The first kappa shape index (κ1) is 18.9. The van der Waals surface area contributed by atoms with Gasteiger partial charge in [-0.25, -0.2) is 9.97 Å². The molecule has 3 rings (SSSR count). The molecule has 1 aliphatic rings. The fraction of sp³-hybridized carbons (Fsp3) is 0.474. The standard InChI is InChI=1S/C19H27N7O/c1-11(2)18(27)24-14-6-8-26(9-7-14)17-16(12(3)23-19(21)25-17)13-4-5-15(20)22-10-13/h4-5,10-11,14H,6-9H2,1-3H3,(H2,20,22)(H,24,27)(H2,21,23,25). The van der Waals surface area contributed by atoms with Gasteiger partial charge in [0.05, 0.1) is 5.69 Å². The normalized spacial score (nSPS) is 15.2. The maximum atomic E-state index is 11.9. The SMILES string of the molecule is Cc1nc(N)nc(N2CCC(NC(=O)C(C)C)CC2)c1-c1ccc(N)nc1. The largest absolute Gasteiger partial charge is 0.384 e. The highest BCUT2D eigenvalue weighted by molar-refractivity contribution is 5.79. The molecule has 0 saturated carbocycles. The average Bonchev–Trinajstić information content (AvgIpc) is 2.63. The smallest absolute Gasteiger partial charge is 0.222 e. The lowest BCUT2D eigenvalue weighted by Gasteiger charge is -2.34. The van der Waals surface area contributed by atoms with Gasteiger partial charge < -0.3 is 21.7 Å². The van der Waals surface area contributed by atoms with Crippen LogP contribution in [0.25, 0.3) is 11.1 Å². The predicted octanol–water partition coefficient (Wildman–Crippen LogP) is 1.75. The van der Waals surface area contributed by atoms with E-state index in [9.17, 15) is 4.79 Å². The van der Waals surface area contributed by atoms with Crippen LogP contribution in [-0.2, 0) is 4.79 Å². The van der Waals surface area contributed by atoms with Crippen molar-refractivity contribution in [1.29, 1.82) is 0 Å². The van der Waals surface area contributed by atoms with Crippen LogP contribution in [0.15, 0.2) is 18.3 Å². The minimum Gasteiger partial charge on any atom is -0.384 e. The highest BCUT2D eigenvalue weighted by Gasteiger charge is 2.25. The summed E-state index contributed by atoms with van der Waals surface area (Å²) in [5, 5.41) is 3.12. The first-order valence-electron chi connectivity index (χ1n) is 9.26. The molecule has 2 aromatic heterocycles. The van der Waals surface area contributed by atoms with Crippen LogP contribution >= 0.6 is 0 Å². The Hall–Kier alpha value is -2.90. The molecule has 1 aliphatic heterocycles. The number of aryl methyl sites for hydroxylation is 1. The highest BCUT2D eigenvalue weighted by atomic mass is 16.1. The quantitative estimate of drug-likeness (QED) is 0.750. The van der Waals surface area contributed by atoms with Crippen molar-refractivity contribution in [2.45, 2.75) is 39.7 Å². The zero-order valence-corrected chi connectivity index (χ0v) is 16.1. The van der Waals surface area contributed by atoms with E-state index in [1.54, 1.807) is 12.3 Å². The lowest BCUT2D eigenvalue weighted by molar-refractivity contribution is -0.124. The van der Waals surface area contributed by atoms with Crippen molar-refractivity contribution in [2.75, 3.05) is 29.5 Å². The summed E-state index contributed by atoms with van der Waals surface area (Å²) < 4.78 is 0. The van der Waals surface area contributed by atoms with Gasteiger partial charge in [0.1, 0.15) is 11.6 Å². The van der Waals surface area contributed by atoms with Crippen molar-refractivity contribution in [1.82, 2.24) is 20.3 Å². The van der Waals surface area contributed by atoms with Crippen molar-refractivity contribution in [3.05, 3.63) is 24.0 Å². The van der Waals surface area contributed by atoms with Crippen LogP contribution in [0.4, 0.5) is 17.6 Å². The summed E-state index contributed by atoms with van der Waals surface area (Å²) in [5.74, 6) is 1.63. The molecule has 27 heavy (non-hydrogen) atoms. The van der Waals surface area contributed by atoms with Crippen molar-refractivity contribution >= 4 is 23.5 Å². The molecule has 1 amide bonds. The summed E-state index contributed by atoms with van der Waals surface area (Å²) in [6.07, 6.45) is 3.46. The Morgan fingerprint density at radius 1 is 1.22 bits per heavy atom. The molecule has 1 saturated heterocycles. The summed E-state index contributed by atoms with van der Waals surface area (Å²) in [6, 6.07) is 3.88. The molecule has 1 fully saturated rings. The number of piperidine rings is 1. The molecule has 8 nitrogen and oxygen atoms in total. The molecule has 0 radical (unpaired) electrons. The van der Waals surface area contributed by atoms with Crippen molar-refractivity contribution in [3.63, 3.8) is 0 Å². The van der Waals surface area contributed by atoms with E-state index in [4.69, 9.17) is 11.5 Å². The first-order valence-corrected chi connectivity index (χ1v) is 9.26. The Kier molecular flexibility index (Phi) is 5.43. The molecule has 0 spiro atoms. The number of carbonyl (C=O) groups excluding carboxylic acids is 1. The van der Waals surface area contributed by atoms with Crippen LogP contribution in [0.3, 0.4) is 0 Å². The zero-order chi connectivity index (χ0) is 19.6. The highest BCUT2D eigenvalue weighted by Crippen LogP contribution is 2.33. The molecular formula is C19H27N7O. The number of hydrogen-bond donors (Lipinski definition) is 3. The molecule has 0 atom stereocenters. The number of hydrogen-bond acceptors (Lipinski definition) is 7. The van der Waals surface area contributed by atoms with E-state index in [1.807, 2.05) is 26.8 Å². The molecule has 8 heteroatoms. The maximum absolute atomic E-state index is 11.9. The van der Waals surface area contributed by atoms with Crippen LogP contribution in [-0.4, -0.2) is 40.0 Å². The Balaban J connectivity index is 1.83. The second-order valence-electron chi connectivity index (χ2n) is 7.26. The third-order valence-electron chi connectivity index (χ3n) is 4.83. The number of nitrogens with zero attached hydrogens (tertiary/aromatic N) is 4. The number of nitrogen functional groups attached to an aromatic ring is 2. The number of nitrogens with one attached hydrogen (secondary N) is 1. The Bertz CT molecular complexity index is 812. The number of nitrogens with two attached hydrogens (primary N) is 2. The number of anilines is 3. The lowest BCUT2D eigenvalue weighted by atomic mass is 10.0. The fourth-order valence-corrected chi connectivity index (χ4v) is 3.30. The van der Waals surface area contributed by atoms with Gasteiger partial charge in [-0.2, -0.15) is 4.98 Å². The van der Waals surface area contributed by atoms with E-state index >= 15 is 0 Å². The van der Waals surface area contributed by atoms with E-state index in [-0.39, 0.29) is 23.8 Å². The molecule has 2 aromatic rings. The first-order chi connectivity index (χ1) is 12.8. The Morgan fingerprint density at radius 2 is 1.93 bits per heavy atom. The van der Waals surface area contributed by atoms with Gasteiger partial charge in [-0.15, -0.1) is 0 Å². The molecule has 0 aliphatic carbocycles. The Morgan fingerprint density at radius 3 is 2.52 bits per heavy atom.